The Kier molecular flexibility index (Phi) is 3.98. The van der Waals surface area contributed by atoms with Crippen molar-refractivity contribution in [2.24, 2.45) is 5.10 Å². The van der Waals surface area contributed by atoms with Crippen LogP contribution >= 0.6 is 11.3 Å². The molecule has 3 aromatic carbocycles. The molecule has 1 aromatic heterocycles. The normalized spacial score (nSPS) is 11.6. The largest absolute Gasteiger partial charge is 0.242 e. The molecule has 0 atom stereocenters. The number of nitrogens with zero attached hydrogens (tertiary/aromatic N) is 3. The van der Waals surface area contributed by atoms with Gasteiger partial charge in [-0.05, 0) is 36.4 Å². The first-order chi connectivity index (χ1) is 12.1. The maximum Gasteiger partial charge on any atom is 0.206 e. The molecule has 0 saturated carbocycles. The van der Waals surface area contributed by atoms with Crippen LogP contribution in [0.1, 0.15) is 16.7 Å². The van der Waals surface area contributed by atoms with Gasteiger partial charge in [0.25, 0.3) is 0 Å². The van der Waals surface area contributed by atoms with Gasteiger partial charge >= 0.3 is 0 Å². The van der Waals surface area contributed by atoms with Crippen LogP contribution < -0.4 is 5.01 Å². The van der Waals surface area contributed by atoms with Crippen molar-refractivity contribution in [3.63, 3.8) is 0 Å². The molecule has 4 aromatic rings. The SMILES string of the molecule is Cc1ccc(C)c(C=NN(C)c2nc3c(ccc4ccccc43)s2)c1. The number of fused-ring (bicyclic) bond motifs is 3. The number of aryl methyl sites for hydroxylation is 2. The van der Waals surface area contributed by atoms with Gasteiger partial charge in [-0.3, -0.25) is 0 Å². The van der Waals surface area contributed by atoms with Gasteiger partial charge in [0.2, 0.25) is 5.13 Å². The lowest BCUT2D eigenvalue weighted by molar-refractivity contribution is 1.01. The Bertz CT molecular complexity index is 1090. The molecule has 0 fully saturated rings. The summed E-state index contributed by atoms with van der Waals surface area (Å²) in [6.45, 7) is 4.20. The Morgan fingerprint density at radius 3 is 2.76 bits per heavy atom. The maximum atomic E-state index is 4.82. The second kappa shape index (κ2) is 6.30. The Labute approximate surface area is 151 Å². The minimum absolute atomic E-state index is 0.896. The van der Waals surface area contributed by atoms with E-state index in [0.717, 1.165) is 16.2 Å². The maximum absolute atomic E-state index is 4.82. The van der Waals surface area contributed by atoms with Crippen LogP contribution in [-0.4, -0.2) is 18.2 Å². The van der Waals surface area contributed by atoms with Crippen LogP contribution in [0.25, 0.3) is 21.0 Å². The molecule has 1 heterocycles. The fraction of sp³-hybridized carbons (Fsp3) is 0.143. The fourth-order valence-electron chi connectivity index (χ4n) is 2.89. The summed E-state index contributed by atoms with van der Waals surface area (Å²) in [7, 11) is 1.95. The number of hydrazone groups is 1. The van der Waals surface area contributed by atoms with E-state index in [2.05, 4.69) is 73.5 Å². The molecule has 0 aliphatic heterocycles. The van der Waals surface area contributed by atoms with Gasteiger partial charge in [0, 0.05) is 12.4 Å². The van der Waals surface area contributed by atoms with Crippen molar-refractivity contribution < 1.29 is 0 Å². The van der Waals surface area contributed by atoms with Crippen LogP contribution in [0, 0.1) is 13.8 Å². The topological polar surface area (TPSA) is 28.5 Å². The van der Waals surface area contributed by atoms with Gasteiger partial charge in [0.05, 0.1) is 16.4 Å². The van der Waals surface area contributed by atoms with E-state index in [9.17, 15) is 0 Å². The van der Waals surface area contributed by atoms with Gasteiger partial charge in [-0.1, -0.05) is 65.4 Å². The monoisotopic (exact) mass is 345 g/mol. The number of rotatable bonds is 3. The molecule has 0 N–H and O–H groups in total. The molecule has 4 rings (SSSR count). The predicted octanol–water partition coefficient (Wildman–Crippen LogP) is 5.54. The van der Waals surface area contributed by atoms with E-state index in [1.54, 1.807) is 11.3 Å². The molecular formula is C21H19N3S. The van der Waals surface area contributed by atoms with Crippen LogP contribution in [0.15, 0.2) is 59.7 Å². The van der Waals surface area contributed by atoms with Crippen molar-refractivity contribution in [2.45, 2.75) is 13.8 Å². The molecule has 0 aliphatic rings. The lowest BCUT2D eigenvalue weighted by atomic mass is 10.1. The molecule has 0 unspecified atom stereocenters. The third-order valence-electron chi connectivity index (χ3n) is 4.35. The average molecular weight is 345 g/mol. The van der Waals surface area contributed by atoms with Gasteiger partial charge in [0.15, 0.2) is 0 Å². The first-order valence-electron chi connectivity index (χ1n) is 8.25. The van der Waals surface area contributed by atoms with Crippen LogP contribution in [0.2, 0.25) is 0 Å². The number of anilines is 1. The Morgan fingerprint density at radius 2 is 1.88 bits per heavy atom. The van der Waals surface area contributed by atoms with Crippen molar-refractivity contribution in [2.75, 3.05) is 12.1 Å². The van der Waals surface area contributed by atoms with Crippen molar-refractivity contribution in [1.82, 2.24) is 4.98 Å². The summed E-state index contributed by atoms with van der Waals surface area (Å²) in [6, 6.07) is 19.1. The van der Waals surface area contributed by atoms with E-state index in [4.69, 9.17) is 4.98 Å². The average Bonchev–Trinajstić information content (AvgIpc) is 3.07. The third-order valence-corrected chi connectivity index (χ3v) is 5.44. The summed E-state index contributed by atoms with van der Waals surface area (Å²) in [5, 5.41) is 9.75. The second-order valence-corrected chi connectivity index (χ2v) is 7.27. The minimum atomic E-state index is 0.896. The fourth-order valence-corrected chi connectivity index (χ4v) is 3.79. The first-order valence-corrected chi connectivity index (χ1v) is 9.07. The van der Waals surface area contributed by atoms with Crippen LogP contribution in [0.5, 0.6) is 0 Å². The third kappa shape index (κ3) is 3.01. The molecule has 0 aliphatic carbocycles. The molecule has 124 valence electrons. The van der Waals surface area contributed by atoms with E-state index >= 15 is 0 Å². The standard InChI is InChI=1S/C21H19N3S/c1-14-8-9-15(2)17(12-14)13-22-24(3)21-23-20-18-7-5-4-6-16(18)10-11-19(20)25-21/h4-13H,1-3H3. The quantitative estimate of drug-likeness (QED) is 0.360. The summed E-state index contributed by atoms with van der Waals surface area (Å²) >= 11 is 1.66. The number of aromatic nitrogens is 1. The number of benzene rings is 3. The van der Waals surface area contributed by atoms with Gasteiger partial charge in [-0.25, -0.2) is 9.99 Å². The zero-order chi connectivity index (χ0) is 17.4. The Hall–Kier alpha value is -2.72. The number of hydrogen-bond acceptors (Lipinski definition) is 4. The molecule has 0 amide bonds. The van der Waals surface area contributed by atoms with E-state index in [0.29, 0.717) is 0 Å². The highest BCUT2D eigenvalue weighted by Crippen LogP contribution is 2.33. The lowest BCUT2D eigenvalue weighted by Gasteiger charge is -2.08. The molecular weight excluding hydrogens is 326 g/mol. The van der Waals surface area contributed by atoms with Crippen molar-refractivity contribution in [3.05, 3.63) is 71.3 Å². The van der Waals surface area contributed by atoms with Gasteiger partial charge in [-0.2, -0.15) is 5.10 Å². The van der Waals surface area contributed by atoms with E-state index < -0.39 is 0 Å². The lowest BCUT2D eigenvalue weighted by Crippen LogP contribution is -2.08. The highest BCUT2D eigenvalue weighted by molar-refractivity contribution is 7.22. The zero-order valence-electron chi connectivity index (χ0n) is 14.5. The Morgan fingerprint density at radius 1 is 1.04 bits per heavy atom. The molecule has 0 spiro atoms. The summed E-state index contributed by atoms with van der Waals surface area (Å²) in [5.41, 5.74) is 4.64. The molecule has 25 heavy (non-hydrogen) atoms. The molecule has 4 heteroatoms. The molecule has 3 nitrogen and oxygen atoms in total. The van der Waals surface area contributed by atoms with Crippen LogP contribution in [0.4, 0.5) is 5.13 Å². The van der Waals surface area contributed by atoms with Gasteiger partial charge in [-0.15, -0.1) is 0 Å². The second-order valence-electron chi connectivity index (χ2n) is 6.26. The highest BCUT2D eigenvalue weighted by Gasteiger charge is 2.10. The number of thiazole rings is 1. The highest BCUT2D eigenvalue weighted by atomic mass is 32.1. The summed E-state index contributed by atoms with van der Waals surface area (Å²) < 4.78 is 1.18. The smallest absolute Gasteiger partial charge is 0.206 e. The van der Waals surface area contributed by atoms with E-state index in [-0.39, 0.29) is 0 Å². The molecule has 0 bridgehead atoms. The zero-order valence-corrected chi connectivity index (χ0v) is 15.3. The van der Waals surface area contributed by atoms with Crippen LogP contribution in [-0.2, 0) is 0 Å². The summed E-state index contributed by atoms with van der Waals surface area (Å²) in [4.78, 5) is 4.82. The molecule has 0 radical (unpaired) electrons. The van der Waals surface area contributed by atoms with Crippen molar-refractivity contribution in [1.29, 1.82) is 0 Å². The van der Waals surface area contributed by atoms with Gasteiger partial charge in [0.1, 0.15) is 0 Å². The number of hydrogen-bond donors (Lipinski definition) is 0. The van der Waals surface area contributed by atoms with Gasteiger partial charge < -0.3 is 0 Å². The first kappa shape index (κ1) is 15.8. The van der Waals surface area contributed by atoms with E-state index in [1.165, 1.54) is 26.6 Å². The summed E-state index contributed by atoms with van der Waals surface area (Å²) in [6.07, 6.45) is 1.91. The summed E-state index contributed by atoms with van der Waals surface area (Å²) in [5.74, 6) is 0. The van der Waals surface area contributed by atoms with Crippen molar-refractivity contribution >= 4 is 43.7 Å². The van der Waals surface area contributed by atoms with Crippen LogP contribution in [0.3, 0.4) is 0 Å². The molecule has 0 saturated heterocycles. The Balaban J connectivity index is 1.70. The van der Waals surface area contributed by atoms with E-state index in [1.807, 2.05) is 18.3 Å². The van der Waals surface area contributed by atoms with Crippen molar-refractivity contribution in [3.8, 4) is 0 Å². The predicted molar refractivity (Wildman–Crippen MR) is 109 cm³/mol. The minimum Gasteiger partial charge on any atom is -0.242 e.